The van der Waals surface area contributed by atoms with E-state index in [-0.39, 0.29) is 11.7 Å². The number of hydrogen-bond donors (Lipinski definition) is 1. The van der Waals surface area contributed by atoms with Crippen LogP contribution in [-0.4, -0.2) is 39.7 Å². The molecule has 1 amide bonds. The van der Waals surface area contributed by atoms with Crippen molar-refractivity contribution >= 4 is 40.4 Å². The second kappa shape index (κ2) is 7.10. The molecule has 4 rings (SSSR count). The number of benzene rings is 1. The first-order valence-corrected chi connectivity index (χ1v) is 9.12. The first kappa shape index (κ1) is 15.9. The highest BCUT2D eigenvalue weighted by Gasteiger charge is 2.15. The maximum absolute atomic E-state index is 12.2. The van der Waals surface area contributed by atoms with Gasteiger partial charge >= 0.3 is 0 Å². The first-order valence-electron chi connectivity index (χ1n) is 8.13. The SMILES string of the molecule is O=C(CSc1nc2ccccc2o1)Nc1cc(N2CCCC2)ncn1. The fraction of sp³-hybridized carbons (Fsp3) is 0.294. The van der Waals surface area contributed by atoms with E-state index in [0.29, 0.717) is 11.0 Å². The zero-order valence-electron chi connectivity index (χ0n) is 13.5. The lowest BCUT2D eigenvalue weighted by Crippen LogP contribution is -2.20. The van der Waals surface area contributed by atoms with E-state index in [2.05, 4.69) is 25.2 Å². The molecule has 1 aliphatic rings. The van der Waals surface area contributed by atoms with Crippen LogP contribution >= 0.6 is 11.8 Å². The van der Waals surface area contributed by atoms with Gasteiger partial charge in [-0.1, -0.05) is 23.9 Å². The van der Waals surface area contributed by atoms with Crippen LogP contribution in [0.5, 0.6) is 0 Å². The fourth-order valence-electron chi connectivity index (χ4n) is 2.75. The monoisotopic (exact) mass is 355 g/mol. The van der Waals surface area contributed by atoms with E-state index >= 15 is 0 Å². The Balaban J connectivity index is 1.36. The molecule has 1 fully saturated rings. The molecule has 0 bridgehead atoms. The van der Waals surface area contributed by atoms with Crippen LogP contribution in [0.3, 0.4) is 0 Å². The summed E-state index contributed by atoms with van der Waals surface area (Å²) in [6.45, 7) is 2.00. The van der Waals surface area contributed by atoms with Gasteiger partial charge in [-0.05, 0) is 25.0 Å². The third-order valence-corrected chi connectivity index (χ3v) is 4.78. The zero-order chi connectivity index (χ0) is 17.1. The number of hydrogen-bond acceptors (Lipinski definition) is 7. The normalized spacial score (nSPS) is 14.2. The van der Waals surface area contributed by atoms with Crippen LogP contribution in [0.2, 0.25) is 0 Å². The molecule has 0 radical (unpaired) electrons. The highest BCUT2D eigenvalue weighted by Crippen LogP contribution is 2.23. The molecule has 1 saturated heterocycles. The van der Waals surface area contributed by atoms with Crippen molar-refractivity contribution in [2.24, 2.45) is 0 Å². The molecule has 3 heterocycles. The topological polar surface area (TPSA) is 84.2 Å². The summed E-state index contributed by atoms with van der Waals surface area (Å²) in [4.78, 5) is 27.1. The van der Waals surface area contributed by atoms with Crippen LogP contribution in [0, 0.1) is 0 Å². The summed E-state index contributed by atoms with van der Waals surface area (Å²) >= 11 is 1.26. The summed E-state index contributed by atoms with van der Waals surface area (Å²) < 4.78 is 5.59. The standard InChI is InChI=1S/C17H17N5O2S/c23-16(10-25-17-20-12-5-1-2-6-13(12)24-17)21-14-9-15(19-11-18-14)22-7-3-4-8-22/h1-2,5-6,9,11H,3-4,7-8,10H2,(H,18,19,21,23). The Morgan fingerprint density at radius 3 is 2.92 bits per heavy atom. The van der Waals surface area contributed by atoms with Gasteiger partial charge in [-0.2, -0.15) is 0 Å². The Kier molecular flexibility index (Phi) is 4.51. The second-order valence-electron chi connectivity index (χ2n) is 5.74. The maximum Gasteiger partial charge on any atom is 0.257 e. The summed E-state index contributed by atoms with van der Waals surface area (Å²) in [6, 6.07) is 9.34. The molecule has 1 N–H and O–H groups in total. The Hall–Kier alpha value is -2.61. The number of amides is 1. The molecule has 128 valence electrons. The van der Waals surface area contributed by atoms with Crippen LogP contribution in [-0.2, 0) is 4.79 Å². The summed E-state index contributed by atoms with van der Waals surface area (Å²) in [5.41, 5.74) is 1.51. The molecule has 1 aliphatic heterocycles. The van der Waals surface area contributed by atoms with E-state index in [9.17, 15) is 4.79 Å². The van der Waals surface area contributed by atoms with Crippen molar-refractivity contribution in [3.63, 3.8) is 0 Å². The molecule has 0 aliphatic carbocycles. The highest BCUT2D eigenvalue weighted by atomic mass is 32.2. The van der Waals surface area contributed by atoms with Crippen molar-refractivity contribution in [3.05, 3.63) is 36.7 Å². The highest BCUT2D eigenvalue weighted by molar-refractivity contribution is 7.99. The van der Waals surface area contributed by atoms with Gasteiger partial charge in [0.15, 0.2) is 5.58 Å². The predicted molar refractivity (Wildman–Crippen MR) is 96.8 cm³/mol. The van der Waals surface area contributed by atoms with Gasteiger partial charge in [0, 0.05) is 19.2 Å². The number of rotatable bonds is 5. The summed E-state index contributed by atoms with van der Waals surface area (Å²) in [5, 5.41) is 3.29. The van der Waals surface area contributed by atoms with Crippen LogP contribution in [0.15, 0.2) is 46.3 Å². The largest absolute Gasteiger partial charge is 0.431 e. The molecule has 7 nitrogen and oxygen atoms in total. The number of carbonyl (C=O) groups excluding carboxylic acids is 1. The average Bonchev–Trinajstić information content (AvgIpc) is 3.29. The summed E-state index contributed by atoms with van der Waals surface area (Å²) in [6.07, 6.45) is 3.83. The smallest absolute Gasteiger partial charge is 0.257 e. The quantitative estimate of drug-likeness (QED) is 0.704. The van der Waals surface area contributed by atoms with Crippen LogP contribution in [0.1, 0.15) is 12.8 Å². The molecule has 25 heavy (non-hydrogen) atoms. The number of fused-ring (bicyclic) bond motifs is 1. The van der Waals surface area contributed by atoms with E-state index in [1.165, 1.54) is 30.9 Å². The minimum Gasteiger partial charge on any atom is -0.431 e. The Labute approximate surface area is 148 Å². The second-order valence-corrected chi connectivity index (χ2v) is 6.67. The fourth-order valence-corrected chi connectivity index (χ4v) is 3.39. The van der Waals surface area contributed by atoms with Crippen molar-refractivity contribution in [2.45, 2.75) is 18.1 Å². The molecule has 0 spiro atoms. The molecule has 0 atom stereocenters. The number of nitrogens with one attached hydrogen (secondary N) is 1. The molecule has 0 saturated carbocycles. The Morgan fingerprint density at radius 1 is 1.24 bits per heavy atom. The van der Waals surface area contributed by atoms with E-state index in [0.717, 1.165) is 30.0 Å². The predicted octanol–water partition coefficient (Wildman–Crippen LogP) is 2.95. The van der Waals surface area contributed by atoms with Crippen molar-refractivity contribution in [1.29, 1.82) is 0 Å². The Bertz CT molecular complexity index is 858. The molecule has 3 aromatic rings. The summed E-state index contributed by atoms with van der Waals surface area (Å²) in [5.74, 6) is 1.42. The van der Waals surface area contributed by atoms with Gasteiger partial charge in [0.1, 0.15) is 23.5 Å². The molecule has 0 unspecified atom stereocenters. The van der Waals surface area contributed by atoms with Gasteiger partial charge in [-0.3, -0.25) is 4.79 Å². The number of thioether (sulfide) groups is 1. The van der Waals surface area contributed by atoms with Gasteiger partial charge in [-0.15, -0.1) is 0 Å². The Morgan fingerprint density at radius 2 is 2.08 bits per heavy atom. The van der Waals surface area contributed by atoms with E-state index < -0.39 is 0 Å². The van der Waals surface area contributed by atoms with Gasteiger partial charge in [0.2, 0.25) is 5.91 Å². The van der Waals surface area contributed by atoms with Crippen molar-refractivity contribution in [3.8, 4) is 0 Å². The zero-order valence-corrected chi connectivity index (χ0v) is 14.3. The number of anilines is 2. The van der Waals surface area contributed by atoms with Crippen LogP contribution in [0.25, 0.3) is 11.1 Å². The average molecular weight is 355 g/mol. The van der Waals surface area contributed by atoms with Crippen molar-refractivity contribution < 1.29 is 9.21 Å². The van der Waals surface area contributed by atoms with Crippen molar-refractivity contribution in [1.82, 2.24) is 15.0 Å². The van der Waals surface area contributed by atoms with Crippen LogP contribution < -0.4 is 10.2 Å². The van der Waals surface area contributed by atoms with Crippen molar-refractivity contribution in [2.75, 3.05) is 29.1 Å². The lowest BCUT2D eigenvalue weighted by Gasteiger charge is -2.16. The third-order valence-electron chi connectivity index (χ3n) is 3.95. The lowest BCUT2D eigenvalue weighted by atomic mass is 10.3. The molecule has 2 aromatic heterocycles. The molecule has 8 heteroatoms. The third kappa shape index (κ3) is 3.74. The van der Waals surface area contributed by atoms with Gasteiger partial charge < -0.3 is 14.6 Å². The summed E-state index contributed by atoms with van der Waals surface area (Å²) in [7, 11) is 0. The molecule has 1 aromatic carbocycles. The maximum atomic E-state index is 12.2. The van der Waals surface area contributed by atoms with Crippen LogP contribution in [0.4, 0.5) is 11.6 Å². The minimum atomic E-state index is -0.154. The lowest BCUT2D eigenvalue weighted by molar-refractivity contribution is -0.113. The number of aromatic nitrogens is 3. The minimum absolute atomic E-state index is 0.154. The number of para-hydroxylation sites is 2. The van der Waals surface area contributed by atoms with Gasteiger partial charge in [0.05, 0.1) is 5.75 Å². The molecular formula is C17H17N5O2S. The van der Waals surface area contributed by atoms with E-state index in [1.807, 2.05) is 30.3 Å². The number of carbonyl (C=O) groups is 1. The van der Waals surface area contributed by atoms with E-state index in [1.54, 1.807) is 0 Å². The number of oxazole rings is 1. The number of nitrogens with zero attached hydrogens (tertiary/aromatic N) is 4. The van der Waals surface area contributed by atoms with Gasteiger partial charge in [-0.25, -0.2) is 15.0 Å². The molecular weight excluding hydrogens is 338 g/mol. The van der Waals surface area contributed by atoms with E-state index in [4.69, 9.17) is 4.42 Å². The van der Waals surface area contributed by atoms with Gasteiger partial charge in [0.25, 0.3) is 5.22 Å². The first-order chi connectivity index (χ1) is 12.3.